The van der Waals surface area contributed by atoms with E-state index in [1.807, 2.05) is 6.07 Å². The summed E-state index contributed by atoms with van der Waals surface area (Å²) in [5.74, 6) is 0. The van der Waals surface area contributed by atoms with Gasteiger partial charge in [-0.2, -0.15) is 13.2 Å². The van der Waals surface area contributed by atoms with Crippen LogP contribution >= 0.6 is 0 Å². The van der Waals surface area contributed by atoms with Crippen molar-refractivity contribution in [2.45, 2.75) is 77.8 Å². The zero-order valence-electron chi connectivity index (χ0n) is 47.8. The Morgan fingerprint density at radius 1 is 0.361 bits per heavy atom. The lowest BCUT2D eigenvalue weighted by Gasteiger charge is -2.30. The Bertz CT molecular complexity index is 4810. The minimum atomic E-state index is -4.49. The smallest absolute Gasteiger partial charge is 0.416 e. The van der Waals surface area contributed by atoms with E-state index in [9.17, 15) is 13.2 Å². The average Bonchev–Trinajstić information content (AvgIpc) is 1.63. The van der Waals surface area contributed by atoms with Crippen molar-refractivity contribution in [1.29, 1.82) is 0 Å². The van der Waals surface area contributed by atoms with E-state index in [0.29, 0.717) is 5.69 Å². The summed E-state index contributed by atoms with van der Waals surface area (Å²) in [7, 11) is 0. The Labute approximate surface area is 481 Å². The number of benzene rings is 11. The van der Waals surface area contributed by atoms with E-state index in [0.717, 1.165) is 110 Å². The molecule has 0 aliphatic carbocycles. The van der Waals surface area contributed by atoms with Gasteiger partial charge >= 0.3 is 6.18 Å². The maximum atomic E-state index is 14.3. The first kappa shape index (κ1) is 51.8. The fraction of sp³-hybridized carbons (Fsp3) is 0.158. The standard InChI is InChI=1S/C76H62F3N3O/c1-47-25-30-56(31-26-47)80(58-23-15-21-54(43-58)74(5,6)50-17-11-9-12-18-50)60-34-35-61-64-40-48-41-68-63(39-49(48)42-69(64)83-70(61)46-60)62-36-38-67(71-65-45-53(73(2,3)4)29-37-66(65)82(68)72(62)71)81(57-32-27-52(28-33-57)76(77,78)79)59-24-16-22-55(44-59)75(7,8)51-19-13-10-14-20-51/h9-46H,1-8H3. The number of rotatable bonds is 10. The van der Waals surface area contributed by atoms with Crippen LogP contribution in [0.3, 0.4) is 0 Å². The Balaban J connectivity index is 0.945. The van der Waals surface area contributed by atoms with Crippen LogP contribution in [-0.2, 0) is 22.4 Å². The van der Waals surface area contributed by atoms with Crippen molar-refractivity contribution in [1.82, 2.24) is 4.40 Å². The van der Waals surface area contributed by atoms with Crippen molar-refractivity contribution >= 4 is 105 Å². The van der Waals surface area contributed by atoms with Gasteiger partial charge in [0.05, 0.1) is 27.8 Å². The van der Waals surface area contributed by atoms with E-state index in [2.05, 4.69) is 270 Å². The third-order valence-electron chi connectivity index (χ3n) is 17.7. The van der Waals surface area contributed by atoms with Crippen molar-refractivity contribution in [2.75, 3.05) is 9.80 Å². The second-order valence-corrected chi connectivity index (χ2v) is 24.7. The molecule has 0 N–H and O–H groups in total. The summed E-state index contributed by atoms with van der Waals surface area (Å²) < 4.78 is 52.1. The monoisotopic (exact) mass is 1090 g/mol. The highest BCUT2D eigenvalue weighted by atomic mass is 19.4. The maximum absolute atomic E-state index is 14.3. The Morgan fingerprint density at radius 2 is 0.880 bits per heavy atom. The molecule has 0 bridgehead atoms. The summed E-state index contributed by atoms with van der Waals surface area (Å²) in [5, 5.41) is 8.49. The molecule has 0 saturated carbocycles. The van der Waals surface area contributed by atoms with Crippen molar-refractivity contribution in [3.8, 4) is 0 Å². The quantitative estimate of drug-likeness (QED) is 0.136. The highest BCUT2D eigenvalue weighted by Gasteiger charge is 2.33. The van der Waals surface area contributed by atoms with Crippen LogP contribution in [0.5, 0.6) is 0 Å². The molecule has 0 aliphatic rings. The first-order valence-electron chi connectivity index (χ1n) is 28.5. The number of hydrogen-bond donors (Lipinski definition) is 0. The van der Waals surface area contributed by atoms with Gasteiger partial charge in [-0.3, -0.25) is 0 Å². The van der Waals surface area contributed by atoms with Crippen LogP contribution in [0.25, 0.3) is 70.8 Å². The highest BCUT2D eigenvalue weighted by molar-refractivity contribution is 6.29. The molecule has 408 valence electrons. The van der Waals surface area contributed by atoms with Gasteiger partial charge in [-0.15, -0.1) is 0 Å². The van der Waals surface area contributed by atoms with Gasteiger partial charge in [-0.25, -0.2) is 0 Å². The number of halogens is 3. The fourth-order valence-electron chi connectivity index (χ4n) is 12.8. The maximum Gasteiger partial charge on any atom is 0.416 e. The van der Waals surface area contributed by atoms with Gasteiger partial charge < -0.3 is 18.6 Å². The van der Waals surface area contributed by atoms with Crippen molar-refractivity contribution < 1.29 is 17.6 Å². The molecule has 3 aromatic heterocycles. The third-order valence-corrected chi connectivity index (χ3v) is 17.7. The lowest BCUT2D eigenvalue weighted by Crippen LogP contribution is -2.20. The number of hydrogen-bond acceptors (Lipinski definition) is 3. The summed E-state index contributed by atoms with van der Waals surface area (Å²) in [4.78, 5) is 4.46. The number of aromatic nitrogens is 1. The average molecular weight is 1090 g/mol. The molecule has 0 aliphatic heterocycles. The van der Waals surface area contributed by atoms with E-state index < -0.39 is 11.7 Å². The Kier molecular flexibility index (Phi) is 11.8. The number of aryl methyl sites for hydroxylation is 1. The molecule has 0 radical (unpaired) electrons. The van der Waals surface area contributed by atoms with Crippen LogP contribution in [0.1, 0.15) is 87.4 Å². The molecule has 0 unspecified atom stereocenters. The number of furan rings is 1. The molecule has 7 heteroatoms. The minimum absolute atomic E-state index is 0.160. The first-order valence-corrected chi connectivity index (χ1v) is 28.5. The fourth-order valence-corrected chi connectivity index (χ4v) is 12.8. The van der Waals surface area contributed by atoms with E-state index in [4.69, 9.17) is 4.42 Å². The predicted octanol–water partition coefficient (Wildman–Crippen LogP) is 22.1. The largest absolute Gasteiger partial charge is 0.456 e. The first-order chi connectivity index (χ1) is 39.8. The summed E-state index contributed by atoms with van der Waals surface area (Å²) in [6.45, 7) is 17.8. The van der Waals surface area contributed by atoms with Crippen LogP contribution in [0, 0.1) is 6.92 Å². The normalized spacial score (nSPS) is 12.8. The SMILES string of the molecule is Cc1ccc(N(c2cccc(C(C)(C)c3ccccc3)c2)c2ccc3c(c2)oc2cc4cc5c6ccc(N(c7ccc(C(F)(F)F)cc7)c7cccc(C(C)(C)c8ccccc8)c7)c7c8cc(C(C)(C)C)ccc8n(c5cc4cc23)c67)cc1. The van der Waals surface area contributed by atoms with Crippen LogP contribution in [0.4, 0.5) is 47.3 Å². The van der Waals surface area contributed by atoms with E-state index in [1.165, 1.54) is 34.4 Å². The van der Waals surface area contributed by atoms with Crippen molar-refractivity contribution in [2.24, 2.45) is 0 Å². The van der Waals surface area contributed by atoms with Crippen molar-refractivity contribution in [3.63, 3.8) is 0 Å². The van der Waals surface area contributed by atoms with Gasteiger partial charge in [-0.1, -0.05) is 163 Å². The summed E-state index contributed by atoms with van der Waals surface area (Å²) in [6.07, 6.45) is -4.49. The number of anilines is 6. The van der Waals surface area contributed by atoms with Gasteiger partial charge in [0.15, 0.2) is 0 Å². The highest BCUT2D eigenvalue weighted by Crippen LogP contribution is 2.50. The molecular weight excluding hydrogens is 1030 g/mol. The molecule has 0 atom stereocenters. The summed E-state index contributed by atoms with van der Waals surface area (Å²) in [5.41, 5.74) is 15.9. The molecule has 0 saturated heterocycles. The number of alkyl halides is 3. The molecule has 0 fully saturated rings. The zero-order valence-corrected chi connectivity index (χ0v) is 47.8. The number of nitrogens with zero attached hydrogens (tertiary/aromatic N) is 3. The molecule has 11 aromatic carbocycles. The molecule has 14 aromatic rings. The van der Waals surface area contributed by atoms with Gasteiger partial charge in [0, 0.05) is 77.7 Å². The summed E-state index contributed by atoms with van der Waals surface area (Å²) >= 11 is 0. The van der Waals surface area contributed by atoms with Gasteiger partial charge in [0.2, 0.25) is 0 Å². The lowest BCUT2D eigenvalue weighted by atomic mass is 9.78. The summed E-state index contributed by atoms with van der Waals surface area (Å²) in [6, 6.07) is 79.6. The van der Waals surface area contributed by atoms with Gasteiger partial charge in [0.25, 0.3) is 0 Å². The molecule has 0 spiro atoms. The molecular formula is C76H62F3N3O. The molecule has 3 heterocycles. The number of fused-ring (bicyclic) bond motifs is 10. The van der Waals surface area contributed by atoms with E-state index in [1.54, 1.807) is 12.1 Å². The van der Waals surface area contributed by atoms with Gasteiger partial charge in [-0.05, 0) is 166 Å². The van der Waals surface area contributed by atoms with E-state index >= 15 is 0 Å². The van der Waals surface area contributed by atoms with Gasteiger partial charge in [0.1, 0.15) is 11.2 Å². The lowest BCUT2D eigenvalue weighted by molar-refractivity contribution is -0.137. The molecule has 0 amide bonds. The second kappa shape index (κ2) is 18.9. The topological polar surface area (TPSA) is 24.0 Å². The second-order valence-electron chi connectivity index (χ2n) is 24.7. The predicted molar refractivity (Wildman–Crippen MR) is 341 cm³/mol. The third kappa shape index (κ3) is 8.58. The van der Waals surface area contributed by atoms with Crippen LogP contribution in [0.2, 0.25) is 0 Å². The van der Waals surface area contributed by atoms with E-state index in [-0.39, 0.29) is 16.2 Å². The Morgan fingerprint density at radius 3 is 1.51 bits per heavy atom. The molecule has 83 heavy (non-hydrogen) atoms. The van der Waals surface area contributed by atoms with Crippen LogP contribution < -0.4 is 9.80 Å². The molecule has 14 rings (SSSR count). The molecule has 4 nitrogen and oxygen atoms in total. The Hall–Kier alpha value is -9.33. The van der Waals surface area contributed by atoms with Crippen molar-refractivity contribution in [3.05, 3.63) is 269 Å². The minimum Gasteiger partial charge on any atom is -0.456 e. The zero-order chi connectivity index (χ0) is 57.3. The van der Waals surface area contributed by atoms with Crippen LogP contribution in [0.15, 0.2) is 235 Å². The van der Waals surface area contributed by atoms with Crippen LogP contribution in [-0.4, -0.2) is 4.40 Å².